The molecule has 0 spiro atoms. The maximum absolute atomic E-state index is 12.1. The van der Waals surface area contributed by atoms with Crippen LogP contribution in [-0.4, -0.2) is 37.8 Å². The number of anilines is 1. The molecule has 0 radical (unpaired) electrons. The first-order valence-electron chi connectivity index (χ1n) is 5.81. The molecule has 1 aromatic rings. The smallest absolute Gasteiger partial charge is 0.417 e. The number of amides is 2. The first-order chi connectivity index (χ1) is 9.27. The fraction of sp³-hybridized carbons (Fsp3) is 0.333. The Morgan fingerprint density at radius 3 is 2.25 bits per heavy atom. The first-order valence-corrected chi connectivity index (χ1v) is 7.46. The molecule has 0 aromatic heterocycles. The van der Waals surface area contributed by atoms with Gasteiger partial charge in [0, 0.05) is 12.6 Å². The van der Waals surface area contributed by atoms with Crippen LogP contribution in [0.5, 0.6) is 0 Å². The summed E-state index contributed by atoms with van der Waals surface area (Å²) < 4.78 is 28.9. The molecule has 0 atom stereocenters. The summed E-state index contributed by atoms with van der Waals surface area (Å²) in [6, 6.07) is 5.48. The fourth-order valence-corrected chi connectivity index (χ4v) is 2.72. The van der Waals surface area contributed by atoms with Crippen LogP contribution in [0.3, 0.4) is 0 Å². The SMILES string of the molecule is CCOC(=O)N(CS(=O)(=O)c1ccc(N)cc1)C(C)=O. The van der Waals surface area contributed by atoms with Crippen LogP contribution in [0, 0.1) is 0 Å². The lowest BCUT2D eigenvalue weighted by molar-refractivity contribution is -0.126. The van der Waals surface area contributed by atoms with Gasteiger partial charge in [0.2, 0.25) is 5.91 Å². The van der Waals surface area contributed by atoms with E-state index in [9.17, 15) is 18.0 Å². The standard InChI is InChI=1S/C12H16N2O5S/c1-3-19-12(16)14(9(2)15)8-20(17,18)11-6-4-10(13)5-7-11/h4-7H,3,8,13H2,1-2H3. The highest BCUT2D eigenvalue weighted by molar-refractivity contribution is 7.91. The molecule has 2 N–H and O–H groups in total. The molecule has 0 unspecified atom stereocenters. The quantitative estimate of drug-likeness (QED) is 0.831. The van der Waals surface area contributed by atoms with Gasteiger partial charge >= 0.3 is 6.09 Å². The number of ether oxygens (including phenoxy) is 1. The van der Waals surface area contributed by atoms with Crippen LogP contribution in [0.4, 0.5) is 10.5 Å². The minimum Gasteiger partial charge on any atom is -0.449 e. The minimum absolute atomic E-state index is 0.0257. The molecule has 20 heavy (non-hydrogen) atoms. The Labute approximate surface area is 117 Å². The first kappa shape index (κ1) is 16.0. The highest BCUT2D eigenvalue weighted by Crippen LogP contribution is 2.15. The number of nitrogens with zero attached hydrogens (tertiary/aromatic N) is 1. The van der Waals surface area contributed by atoms with Gasteiger partial charge in [0.1, 0.15) is 5.88 Å². The van der Waals surface area contributed by atoms with Gasteiger partial charge in [-0.2, -0.15) is 0 Å². The fourth-order valence-electron chi connectivity index (χ4n) is 1.39. The average molecular weight is 300 g/mol. The van der Waals surface area contributed by atoms with Crippen molar-refractivity contribution in [2.45, 2.75) is 18.7 Å². The Hall–Kier alpha value is -2.09. The number of carbonyl (C=O) groups is 2. The van der Waals surface area contributed by atoms with Crippen LogP contribution >= 0.6 is 0 Å². The van der Waals surface area contributed by atoms with Crippen molar-refractivity contribution in [3.05, 3.63) is 24.3 Å². The average Bonchev–Trinajstić information content (AvgIpc) is 2.36. The Balaban J connectivity index is 3.00. The molecule has 0 aliphatic carbocycles. The van der Waals surface area contributed by atoms with E-state index in [4.69, 9.17) is 5.73 Å². The van der Waals surface area contributed by atoms with Crippen LogP contribution in [-0.2, 0) is 19.4 Å². The third-order valence-corrected chi connectivity index (χ3v) is 4.00. The summed E-state index contributed by atoms with van der Waals surface area (Å²) in [5.41, 5.74) is 5.89. The molecule has 0 aliphatic heterocycles. The Bertz CT molecular complexity index is 595. The highest BCUT2D eigenvalue weighted by Gasteiger charge is 2.27. The number of sulfone groups is 1. The maximum atomic E-state index is 12.1. The number of carbonyl (C=O) groups excluding carboxylic acids is 2. The van der Waals surface area contributed by atoms with E-state index in [1.807, 2.05) is 0 Å². The van der Waals surface area contributed by atoms with Crippen LogP contribution < -0.4 is 5.73 Å². The second kappa shape index (κ2) is 6.38. The summed E-state index contributed by atoms with van der Waals surface area (Å²) in [7, 11) is -3.84. The van der Waals surface area contributed by atoms with E-state index in [2.05, 4.69) is 4.74 Å². The van der Waals surface area contributed by atoms with Gasteiger partial charge in [-0.05, 0) is 31.2 Å². The Morgan fingerprint density at radius 1 is 1.25 bits per heavy atom. The molecule has 0 saturated carbocycles. The van der Waals surface area contributed by atoms with Crippen LogP contribution in [0.25, 0.3) is 0 Å². The predicted molar refractivity (Wildman–Crippen MR) is 72.4 cm³/mol. The lowest BCUT2D eigenvalue weighted by Gasteiger charge is -2.18. The molecular formula is C12H16N2O5S. The molecule has 0 fully saturated rings. The largest absolute Gasteiger partial charge is 0.449 e. The summed E-state index contributed by atoms with van der Waals surface area (Å²) >= 11 is 0. The van der Waals surface area contributed by atoms with E-state index in [-0.39, 0.29) is 11.5 Å². The molecule has 0 saturated heterocycles. The topological polar surface area (TPSA) is 107 Å². The van der Waals surface area contributed by atoms with Crippen molar-refractivity contribution in [1.82, 2.24) is 4.90 Å². The van der Waals surface area contributed by atoms with Crippen molar-refractivity contribution in [3.63, 3.8) is 0 Å². The zero-order valence-corrected chi connectivity index (χ0v) is 12.0. The molecule has 0 aliphatic rings. The van der Waals surface area contributed by atoms with Crippen LogP contribution in [0.15, 0.2) is 29.2 Å². The third-order valence-electron chi connectivity index (χ3n) is 2.41. The van der Waals surface area contributed by atoms with E-state index in [0.29, 0.717) is 10.6 Å². The molecule has 7 nitrogen and oxygen atoms in total. The number of imide groups is 1. The second-order valence-electron chi connectivity index (χ2n) is 3.96. The van der Waals surface area contributed by atoms with E-state index in [1.54, 1.807) is 6.92 Å². The van der Waals surface area contributed by atoms with E-state index in [1.165, 1.54) is 24.3 Å². The van der Waals surface area contributed by atoms with Gasteiger partial charge in [-0.15, -0.1) is 0 Å². The maximum Gasteiger partial charge on any atom is 0.417 e. The van der Waals surface area contributed by atoms with Crippen molar-refractivity contribution >= 4 is 27.5 Å². The van der Waals surface area contributed by atoms with Crippen molar-refractivity contribution in [2.24, 2.45) is 0 Å². The molecular weight excluding hydrogens is 284 g/mol. The molecule has 2 amide bonds. The van der Waals surface area contributed by atoms with Gasteiger partial charge in [0.05, 0.1) is 11.5 Å². The van der Waals surface area contributed by atoms with Gasteiger partial charge in [0.15, 0.2) is 9.84 Å². The number of hydrogen-bond donors (Lipinski definition) is 1. The van der Waals surface area contributed by atoms with Gasteiger partial charge in [-0.3, -0.25) is 4.79 Å². The lowest BCUT2D eigenvalue weighted by Crippen LogP contribution is -2.39. The summed E-state index contributed by atoms with van der Waals surface area (Å²) in [6.07, 6.45) is -0.987. The van der Waals surface area contributed by atoms with Gasteiger partial charge in [0.25, 0.3) is 0 Å². The van der Waals surface area contributed by atoms with Crippen LogP contribution in [0.2, 0.25) is 0 Å². The zero-order valence-electron chi connectivity index (χ0n) is 11.2. The van der Waals surface area contributed by atoms with Gasteiger partial charge in [-0.25, -0.2) is 18.1 Å². The molecule has 0 heterocycles. The summed E-state index contributed by atoms with van der Waals surface area (Å²) in [6.45, 7) is 2.70. The summed E-state index contributed by atoms with van der Waals surface area (Å²) in [4.78, 5) is 23.4. The minimum atomic E-state index is -3.84. The summed E-state index contributed by atoms with van der Waals surface area (Å²) in [5, 5.41) is 0. The van der Waals surface area contributed by atoms with E-state index >= 15 is 0 Å². The number of hydrogen-bond acceptors (Lipinski definition) is 6. The van der Waals surface area contributed by atoms with Crippen molar-refractivity contribution in [3.8, 4) is 0 Å². The normalized spacial score (nSPS) is 10.9. The monoisotopic (exact) mass is 300 g/mol. The predicted octanol–water partition coefficient (Wildman–Crippen LogP) is 1.01. The van der Waals surface area contributed by atoms with Crippen molar-refractivity contribution in [1.29, 1.82) is 0 Å². The Morgan fingerprint density at radius 2 is 1.80 bits per heavy atom. The van der Waals surface area contributed by atoms with Gasteiger partial charge < -0.3 is 10.5 Å². The van der Waals surface area contributed by atoms with Gasteiger partial charge in [-0.1, -0.05) is 0 Å². The Kier molecular flexibility index (Phi) is 5.09. The number of nitrogen functional groups attached to an aromatic ring is 1. The van der Waals surface area contributed by atoms with Crippen molar-refractivity contribution < 1.29 is 22.7 Å². The highest BCUT2D eigenvalue weighted by atomic mass is 32.2. The second-order valence-corrected chi connectivity index (χ2v) is 5.92. The molecule has 8 heteroatoms. The molecule has 110 valence electrons. The van der Waals surface area contributed by atoms with E-state index in [0.717, 1.165) is 6.92 Å². The van der Waals surface area contributed by atoms with Crippen LogP contribution in [0.1, 0.15) is 13.8 Å². The zero-order chi connectivity index (χ0) is 15.3. The molecule has 0 bridgehead atoms. The van der Waals surface area contributed by atoms with Crippen molar-refractivity contribution in [2.75, 3.05) is 18.2 Å². The lowest BCUT2D eigenvalue weighted by atomic mass is 10.3. The van der Waals surface area contributed by atoms with E-state index < -0.39 is 27.7 Å². The number of rotatable bonds is 4. The summed E-state index contributed by atoms with van der Waals surface area (Å²) in [5.74, 6) is -1.48. The molecule has 1 rings (SSSR count). The third kappa shape index (κ3) is 3.95. The number of nitrogens with two attached hydrogens (primary N) is 1. The number of benzene rings is 1. The molecule has 1 aromatic carbocycles.